The molecule has 2 nitrogen and oxygen atoms in total. The summed E-state index contributed by atoms with van der Waals surface area (Å²) in [5.74, 6) is 0.197. The lowest BCUT2D eigenvalue weighted by atomic mass is 9.73. The van der Waals surface area contributed by atoms with E-state index in [1.807, 2.05) is 26.0 Å². The van der Waals surface area contributed by atoms with E-state index in [4.69, 9.17) is 0 Å². The summed E-state index contributed by atoms with van der Waals surface area (Å²) in [5, 5.41) is 0. The highest BCUT2D eigenvalue weighted by molar-refractivity contribution is 5.98. The van der Waals surface area contributed by atoms with Gasteiger partial charge in [0, 0.05) is 11.6 Å². The summed E-state index contributed by atoms with van der Waals surface area (Å²) in [6.45, 7) is 10.5. The predicted octanol–water partition coefficient (Wildman–Crippen LogP) is 3.66. The average Bonchev–Trinajstić information content (AvgIpc) is 2.49. The third-order valence-corrected chi connectivity index (χ3v) is 2.43. The maximum absolute atomic E-state index is 12.2. The Bertz CT molecular complexity index is 328. The first kappa shape index (κ1) is 12.0. The molecular formula is C13H21NO. The predicted molar refractivity (Wildman–Crippen MR) is 63.0 cm³/mol. The number of aromatic amines is 1. The Morgan fingerprint density at radius 3 is 2.27 bits per heavy atom. The molecule has 1 N–H and O–H groups in total. The molecule has 0 saturated carbocycles. The van der Waals surface area contributed by atoms with Gasteiger partial charge in [0.1, 0.15) is 0 Å². The highest BCUT2D eigenvalue weighted by Gasteiger charge is 2.33. The second-order valence-corrected chi connectivity index (χ2v) is 6.03. The molecule has 0 aliphatic rings. The topological polar surface area (TPSA) is 32.9 Å². The molecule has 1 aromatic heterocycles. The van der Waals surface area contributed by atoms with Crippen LogP contribution in [0, 0.1) is 10.8 Å². The minimum absolute atomic E-state index is 0.172. The number of nitrogens with one attached hydrogen (secondary N) is 1. The molecule has 0 aliphatic carbocycles. The first-order valence-corrected chi connectivity index (χ1v) is 5.41. The number of aromatic nitrogens is 1. The van der Waals surface area contributed by atoms with E-state index in [9.17, 15) is 4.79 Å². The van der Waals surface area contributed by atoms with Crippen molar-refractivity contribution < 1.29 is 4.79 Å². The highest BCUT2D eigenvalue weighted by Crippen LogP contribution is 2.35. The molecule has 0 aromatic carbocycles. The number of rotatable bonds is 3. The van der Waals surface area contributed by atoms with Crippen molar-refractivity contribution in [2.75, 3.05) is 0 Å². The van der Waals surface area contributed by atoms with Crippen LogP contribution in [0.15, 0.2) is 18.3 Å². The SMILES string of the molecule is CC(C)(C)CC(C)(C)C(=O)c1ccc[nH]1. The smallest absolute Gasteiger partial charge is 0.184 e. The minimum atomic E-state index is -0.302. The van der Waals surface area contributed by atoms with Gasteiger partial charge in [-0.25, -0.2) is 0 Å². The van der Waals surface area contributed by atoms with Gasteiger partial charge in [0.05, 0.1) is 5.69 Å². The first-order chi connectivity index (χ1) is 6.72. The molecule has 0 atom stereocenters. The van der Waals surface area contributed by atoms with Crippen molar-refractivity contribution in [2.24, 2.45) is 10.8 Å². The second-order valence-electron chi connectivity index (χ2n) is 6.03. The number of carbonyl (C=O) groups is 1. The van der Waals surface area contributed by atoms with Gasteiger partial charge in [-0.2, -0.15) is 0 Å². The Labute approximate surface area is 92.1 Å². The summed E-state index contributed by atoms with van der Waals surface area (Å²) in [5.41, 5.74) is 0.582. The molecule has 84 valence electrons. The lowest BCUT2D eigenvalue weighted by Crippen LogP contribution is -2.29. The van der Waals surface area contributed by atoms with Gasteiger partial charge in [0.15, 0.2) is 5.78 Å². The van der Waals surface area contributed by atoms with Crippen molar-refractivity contribution in [3.8, 4) is 0 Å². The zero-order valence-corrected chi connectivity index (χ0v) is 10.3. The molecule has 1 rings (SSSR count). The summed E-state index contributed by atoms with van der Waals surface area (Å²) in [7, 11) is 0. The lowest BCUT2D eigenvalue weighted by Gasteiger charge is -2.30. The summed E-state index contributed by atoms with van der Waals surface area (Å²) < 4.78 is 0. The van der Waals surface area contributed by atoms with Gasteiger partial charge in [-0.3, -0.25) is 4.79 Å². The van der Waals surface area contributed by atoms with Crippen LogP contribution < -0.4 is 0 Å². The van der Waals surface area contributed by atoms with Crippen molar-refractivity contribution in [1.29, 1.82) is 0 Å². The zero-order valence-electron chi connectivity index (χ0n) is 10.3. The number of hydrogen-bond donors (Lipinski definition) is 1. The van der Waals surface area contributed by atoms with Crippen molar-refractivity contribution in [2.45, 2.75) is 41.0 Å². The van der Waals surface area contributed by atoms with Crippen molar-refractivity contribution in [3.63, 3.8) is 0 Å². The minimum Gasteiger partial charge on any atom is -0.359 e. The number of ketones is 1. The second kappa shape index (κ2) is 3.84. The molecule has 0 radical (unpaired) electrons. The molecule has 0 bridgehead atoms. The van der Waals surface area contributed by atoms with Gasteiger partial charge >= 0.3 is 0 Å². The fraction of sp³-hybridized carbons (Fsp3) is 0.615. The third kappa shape index (κ3) is 3.22. The van der Waals surface area contributed by atoms with E-state index in [1.54, 1.807) is 6.20 Å². The largest absolute Gasteiger partial charge is 0.359 e. The molecule has 1 heterocycles. The molecule has 0 unspecified atom stereocenters. The van der Waals surface area contributed by atoms with Gasteiger partial charge in [-0.1, -0.05) is 34.6 Å². The van der Waals surface area contributed by atoms with E-state index in [0.717, 1.165) is 6.42 Å². The standard InChI is InChI=1S/C13H21NO/c1-12(2,3)9-13(4,5)11(15)10-7-6-8-14-10/h6-8,14H,9H2,1-5H3. The summed E-state index contributed by atoms with van der Waals surface area (Å²) in [4.78, 5) is 15.2. The monoisotopic (exact) mass is 207 g/mol. The Balaban J connectivity index is 2.83. The van der Waals surface area contributed by atoms with E-state index >= 15 is 0 Å². The van der Waals surface area contributed by atoms with Gasteiger partial charge in [0.2, 0.25) is 0 Å². The van der Waals surface area contributed by atoms with Crippen LogP contribution in [-0.4, -0.2) is 10.8 Å². The van der Waals surface area contributed by atoms with E-state index < -0.39 is 0 Å². The fourth-order valence-corrected chi connectivity index (χ4v) is 2.24. The van der Waals surface area contributed by atoms with Crippen LogP contribution in [0.1, 0.15) is 51.5 Å². The lowest BCUT2D eigenvalue weighted by molar-refractivity contribution is 0.0765. The van der Waals surface area contributed by atoms with Gasteiger partial charge in [0.25, 0.3) is 0 Å². The average molecular weight is 207 g/mol. The quantitative estimate of drug-likeness (QED) is 0.754. The Morgan fingerprint density at radius 2 is 1.87 bits per heavy atom. The molecular weight excluding hydrogens is 186 g/mol. The van der Waals surface area contributed by atoms with E-state index in [2.05, 4.69) is 25.8 Å². The zero-order chi connectivity index (χ0) is 11.7. The summed E-state index contributed by atoms with van der Waals surface area (Å²) in [6.07, 6.45) is 2.68. The molecule has 0 aliphatic heterocycles. The fourth-order valence-electron chi connectivity index (χ4n) is 2.24. The maximum Gasteiger partial charge on any atom is 0.184 e. The van der Waals surface area contributed by atoms with Gasteiger partial charge in [-0.05, 0) is 24.0 Å². The van der Waals surface area contributed by atoms with E-state index in [0.29, 0.717) is 5.69 Å². The van der Waals surface area contributed by atoms with Gasteiger partial charge < -0.3 is 4.98 Å². The van der Waals surface area contributed by atoms with E-state index in [-0.39, 0.29) is 16.6 Å². The van der Waals surface area contributed by atoms with Crippen LogP contribution in [0.2, 0.25) is 0 Å². The molecule has 0 spiro atoms. The van der Waals surface area contributed by atoms with Crippen molar-refractivity contribution >= 4 is 5.78 Å². The van der Waals surface area contributed by atoms with Crippen LogP contribution in [0.4, 0.5) is 0 Å². The van der Waals surface area contributed by atoms with Crippen LogP contribution >= 0.6 is 0 Å². The van der Waals surface area contributed by atoms with Crippen LogP contribution in [-0.2, 0) is 0 Å². The number of Topliss-reactive ketones (excluding diaryl/α,β-unsaturated/α-hetero) is 1. The van der Waals surface area contributed by atoms with Crippen LogP contribution in [0.25, 0.3) is 0 Å². The molecule has 15 heavy (non-hydrogen) atoms. The highest BCUT2D eigenvalue weighted by atomic mass is 16.1. The van der Waals surface area contributed by atoms with E-state index in [1.165, 1.54) is 0 Å². The van der Waals surface area contributed by atoms with Crippen LogP contribution in [0.5, 0.6) is 0 Å². The number of hydrogen-bond acceptors (Lipinski definition) is 1. The molecule has 0 amide bonds. The van der Waals surface area contributed by atoms with Crippen molar-refractivity contribution in [3.05, 3.63) is 24.0 Å². The molecule has 0 fully saturated rings. The molecule has 2 heteroatoms. The Hall–Kier alpha value is -1.05. The molecule has 1 aromatic rings. The maximum atomic E-state index is 12.2. The van der Waals surface area contributed by atoms with Gasteiger partial charge in [-0.15, -0.1) is 0 Å². The Morgan fingerprint density at radius 1 is 1.27 bits per heavy atom. The summed E-state index contributed by atoms with van der Waals surface area (Å²) >= 11 is 0. The first-order valence-electron chi connectivity index (χ1n) is 5.41. The normalized spacial score (nSPS) is 12.9. The number of carbonyl (C=O) groups excluding carboxylic acids is 1. The molecule has 0 saturated heterocycles. The Kier molecular flexibility index (Phi) is 3.08. The van der Waals surface area contributed by atoms with Crippen LogP contribution in [0.3, 0.4) is 0 Å². The number of H-pyrrole nitrogens is 1. The summed E-state index contributed by atoms with van der Waals surface area (Å²) in [6, 6.07) is 3.70. The third-order valence-electron chi connectivity index (χ3n) is 2.43. The van der Waals surface area contributed by atoms with Crippen molar-refractivity contribution in [1.82, 2.24) is 4.98 Å².